The molecule has 2 rings (SSSR count). The van der Waals surface area contributed by atoms with Gasteiger partial charge in [0.15, 0.2) is 11.6 Å². The second-order valence-electron chi connectivity index (χ2n) is 4.56. The van der Waals surface area contributed by atoms with E-state index in [1.807, 2.05) is 5.32 Å². The Labute approximate surface area is 137 Å². The van der Waals surface area contributed by atoms with E-state index in [4.69, 9.17) is 15.6 Å². The number of carboxylic acid groups (broad SMARTS) is 1. The Morgan fingerprint density at radius 3 is 2.62 bits per heavy atom. The van der Waals surface area contributed by atoms with Gasteiger partial charge in [0, 0.05) is 0 Å². The molecule has 0 unspecified atom stereocenters. The molecule has 2 aromatic rings. The molecule has 1 aromatic carbocycles. The first-order chi connectivity index (χ1) is 11.2. The van der Waals surface area contributed by atoms with E-state index in [9.17, 15) is 22.8 Å². The first kappa shape index (κ1) is 17.5. The Balaban J connectivity index is 2.31. The molecule has 0 bridgehead atoms. The second-order valence-corrected chi connectivity index (χ2v) is 5.33. The molecule has 128 valence electrons. The van der Waals surface area contributed by atoms with E-state index in [0.29, 0.717) is 11.5 Å². The van der Waals surface area contributed by atoms with Crippen LogP contribution in [0.25, 0.3) is 0 Å². The summed E-state index contributed by atoms with van der Waals surface area (Å²) in [5, 5.41) is 10.3. The number of rotatable bonds is 5. The summed E-state index contributed by atoms with van der Waals surface area (Å²) < 4.78 is 49.7. The molecule has 0 aliphatic heterocycles. The Kier molecular flexibility index (Phi) is 4.93. The standard InChI is InChI=1S/C13H10F3N3O4S/c1-4-2-6(14)5(9(16)8(4)15)3-23-11-7(10(17)20)12(24-19-11)18-13(21)22/h2,18H,3H2,1H3,(H2,17,20)(H,21,22). The average Bonchev–Trinajstić information content (AvgIpc) is 2.87. The lowest BCUT2D eigenvalue weighted by molar-refractivity contribution is 0.0996. The normalized spacial score (nSPS) is 10.5. The highest BCUT2D eigenvalue weighted by atomic mass is 32.1. The average molecular weight is 361 g/mol. The number of hydrogen-bond acceptors (Lipinski definition) is 5. The zero-order valence-corrected chi connectivity index (χ0v) is 12.8. The number of anilines is 1. The first-order valence-corrected chi connectivity index (χ1v) is 7.04. The van der Waals surface area contributed by atoms with Crippen LogP contribution in [0.2, 0.25) is 0 Å². The summed E-state index contributed by atoms with van der Waals surface area (Å²) in [5.74, 6) is -5.16. The minimum Gasteiger partial charge on any atom is -0.471 e. The summed E-state index contributed by atoms with van der Waals surface area (Å²) in [7, 11) is 0. The Hall–Kier alpha value is -2.82. The number of nitrogens with two attached hydrogens (primary N) is 1. The third-order valence-corrected chi connectivity index (χ3v) is 3.66. The number of nitrogens with zero attached hydrogens (tertiary/aromatic N) is 1. The van der Waals surface area contributed by atoms with Crippen molar-refractivity contribution in [1.29, 1.82) is 0 Å². The van der Waals surface area contributed by atoms with Crippen molar-refractivity contribution in [2.24, 2.45) is 5.73 Å². The molecule has 0 aliphatic carbocycles. The van der Waals surface area contributed by atoms with Gasteiger partial charge >= 0.3 is 6.09 Å². The van der Waals surface area contributed by atoms with Gasteiger partial charge in [0.05, 0.1) is 5.56 Å². The highest BCUT2D eigenvalue weighted by molar-refractivity contribution is 7.11. The van der Waals surface area contributed by atoms with Gasteiger partial charge in [-0.3, -0.25) is 10.1 Å². The van der Waals surface area contributed by atoms with Crippen molar-refractivity contribution in [3.8, 4) is 5.88 Å². The Morgan fingerprint density at radius 1 is 1.38 bits per heavy atom. The SMILES string of the molecule is Cc1cc(F)c(COc2nsc(NC(=O)O)c2C(N)=O)c(F)c1F. The molecule has 0 spiro atoms. The van der Waals surface area contributed by atoms with Crippen LogP contribution in [-0.2, 0) is 6.61 Å². The highest BCUT2D eigenvalue weighted by Gasteiger charge is 2.23. The fraction of sp³-hybridized carbons (Fsp3) is 0.154. The monoisotopic (exact) mass is 361 g/mol. The molecule has 0 atom stereocenters. The Bertz CT molecular complexity index is 825. The lowest BCUT2D eigenvalue weighted by Gasteiger charge is -2.09. The smallest absolute Gasteiger partial charge is 0.409 e. The predicted octanol–water partition coefficient (Wildman–Crippen LogP) is 2.64. The van der Waals surface area contributed by atoms with E-state index in [1.165, 1.54) is 6.92 Å². The number of nitrogens with one attached hydrogen (secondary N) is 1. The number of amides is 2. The van der Waals surface area contributed by atoms with Crippen molar-refractivity contribution < 1.29 is 32.6 Å². The topological polar surface area (TPSA) is 115 Å². The summed E-state index contributed by atoms with van der Waals surface area (Å²) in [5.41, 5.74) is 3.81. The third-order valence-electron chi connectivity index (χ3n) is 2.92. The largest absolute Gasteiger partial charge is 0.471 e. The van der Waals surface area contributed by atoms with Crippen LogP contribution in [0.5, 0.6) is 5.88 Å². The molecule has 1 heterocycles. The van der Waals surface area contributed by atoms with E-state index in [-0.39, 0.29) is 10.6 Å². The van der Waals surface area contributed by atoms with Crippen LogP contribution < -0.4 is 15.8 Å². The van der Waals surface area contributed by atoms with E-state index < -0.39 is 53.1 Å². The maximum Gasteiger partial charge on any atom is 0.409 e. The number of aromatic nitrogens is 1. The highest BCUT2D eigenvalue weighted by Crippen LogP contribution is 2.31. The van der Waals surface area contributed by atoms with Gasteiger partial charge in [0.1, 0.15) is 23.0 Å². The molecule has 0 saturated heterocycles. The van der Waals surface area contributed by atoms with Gasteiger partial charge < -0.3 is 15.6 Å². The molecule has 4 N–H and O–H groups in total. The van der Waals surface area contributed by atoms with Gasteiger partial charge in [-0.25, -0.2) is 18.0 Å². The number of primary amides is 1. The van der Waals surface area contributed by atoms with Crippen molar-refractivity contribution in [1.82, 2.24) is 4.37 Å². The summed E-state index contributed by atoms with van der Waals surface area (Å²) >= 11 is 0.553. The van der Waals surface area contributed by atoms with Crippen molar-refractivity contribution in [3.05, 3.63) is 40.2 Å². The third kappa shape index (κ3) is 3.40. The van der Waals surface area contributed by atoms with E-state index in [1.54, 1.807) is 0 Å². The quantitative estimate of drug-likeness (QED) is 0.708. The molecule has 0 fully saturated rings. The van der Waals surface area contributed by atoms with Crippen LogP contribution in [0.1, 0.15) is 21.5 Å². The zero-order chi connectivity index (χ0) is 18.0. The van der Waals surface area contributed by atoms with Crippen LogP contribution in [0, 0.1) is 24.4 Å². The molecular formula is C13H10F3N3O4S. The maximum absolute atomic E-state index is 13.8. The van der Waals surface area contributed by atoms with Crippen molar-refractivity contribution in [2.75, 3.05) is 5.32 Å². The van der Waals surface area contributed by atoms with Gasteiger partial charge in [-0.2, -0.15) is 4.37 Å². The fourth-order valence-electron chi connectivity index (χ4n) is 1.80. The number of aryl methyl sites for hydroxylation is 1. The molecular weight excluding hydrogens is 351 g/mol. The van der Waals surface area contributed by atoms with E-state index in [2.05, 4.69) is 4.37 Å². The molecule has 11 heteroatoms. The summed E-state index contributed by atoms with van der Waals surface area (Å²) in [6.07, 6.45) is -1.47. The second kappa shape index (κ2) is 6.74. The molecule has 24 heavy (non-hydrogen) atoms. The fourth-order valence-corrected chi connectivity index (χ4v) is 2.53. The predicted molar refractivity (Wildman–Crippen MR) is 77.7 cm³/mol. The summed E-state index contributed by atoms with van der Waals surface area (Å²) in [6, 6.07) is 0.796. The molecule has 1 aromatic heterocycles. The molecule has 0 radical (unpaired) electrons. The lowest BCUT2D eigenvalue weighted by atomic mass is 10.1. The maximum atomic E-state index is 13.8. The first-order valence-electron chi connectivity index (χ1n) is 6.27. The van der Waals surface area contributed by atoms with E-state index >= 15 is 0 Å². The van der Waals surface area contributed by atoms with Gasteiger partial charge in [0.2, 0.25) is 5.88 Å². The number of benzene rings is 1. The van der Waals surface area contributed by atoms with Crippen molar-refractivity contribution in [3.63, 3.8) is 0 Å². The lowest BCUT2D eigenvalue weighted by Crippen LogP contribution is -2.16. The number of carbonyl (C=O) groups is 2. The van der Waals surface area contributed by atoms with Crippen LogP contribution in [-0.4, -0.2) is 21.5 Å². The van der Waals surface area contributed by atoms with Gasteiger partial charge in [-0.1, -0.05) is 0 Å². The Morgan fingerprint density at radius 2 is 2.04 bits per heavy atom. The molecule has 0 aliphatic rings. The number of ether oxygens (including phenoxy) is 1. The number of carbonyl (C=O) groups excluding carboxylic acids is 1. The van der Waals surface area contributed by atoms with Gasteiger partial charge in [-0.15, -0.1) is 0 Å². The van der Waals surface area contributed by atoms with Crippen molar-refractivity contribution in [2.45, 2.75) is 13.5 Å². The minimum absolute atomic E-state index is 0.207. The minimum atomic E-state index is -1.47. The van der Waals surface area contributed by atoms with Crippen molar-refractivity contribution >= 4 is 28.5 Å². The van der Waals surface area contributed by atoms with E-state index in [0.717, 1.165) is 6.07 Å². The van der Waals surface area contributed by atoms with Crippen LogP contribution in [0.3, 0.4) is 0 Å². The molecule has 2 amide bonds. The summed E-state index contributed by atoms with van der Waals surface area (Å²) in [4.78, 5) is 22.0. The van der Waals surface area contributed by atoms with Crippen LogP contribution in [0.15, 0.2) is 6.07 Å². The summed E-state index contributed by atoms with van der Waals surface area (Å²) in [6.45, 7) is 0.424. The zero-order valence-electron chi connectivity index (χ0n) is 12.0. The van der Waals surface area contributed by atoms with Crippen LogP contribution >= 0.6 is 11.5 Å². The number of halogens is 3. The number of hydrogen-bond donors (Lipinski definition) is 3. The molecule has 0 saturated carbocycles. The van der Waals surface area contributed by atoms with Gasteiger partial charge in [0.25, 0.3) is 5.91 Å². The van der Waals surface area contributed by atoms with Crippen LogP contribution in [0.4, 0.5) is 23.0 Å². The van der Waals surface area contributed by atoms with Gasteiger partial charge in [-0.05, 0) is 30.1 Å². The molecule has 7 nitrogen and oxygen atoms in total.